The summed E-state index contributed by atoms with van der Waals surface area (Å²) in [5.74, 6) is -0.697. The van der Waals surface area contributed by atoms with Crippen molar-refractivity contribution >= 4 is 5.69 Å². The number of nitrogens with zero attached hydrogens (tertiary/aromatic N) is 1. The summed E-state index contributed by atoms with van der Waals surface area (Å²) in [6.45, 7) is 0. The molecule has 0 radical (unpaired) electrons. The number of alkyl halides is 5. The monoisotopic (exact) mass is 242 g/mol. The molecule has 16 heavy (non-hydrogen) atoms. The zero-order valence-corrected chi connectivity index (χ0v) is 7.98. The Morgan fingerprint density at radius 2 is 1.94 bits per heavy atom. The molecule has 0 saturated heterocycles. The van der Waals surface area contributed by atoms with E-state index in [0.717, 1.165) is 7.11 Å². The molecular formula is C8H7F5N2O. The Bertz CT molecular complexity index is 391. The maximum Gasteiger partial charge on any atom is 0.435 e. The Hall–Kier alpha value is -1.60. The van der Waals surface area contributed by atoms with E-state index >= 15 is 0 Å². The summed E-state index contributed by atoms with van der Waals surface area (Å²) in [5.41, 5.74) is 1.93. The van der Waals surface area contributed by atoms with E-state index in [1.165, 1.54) is 0 Å². The first-order valence-corrected chi connectivity index (χ1v) is 3.96. The lowest BCUT2D eigenvalue weighted by molar-refractivity contribution is -0.140. The minimum absolute atomic E-state index is 0.405. The highest BCUT2D eigenvalue weighted by Crippen LogP contribution is 2.40. The molecule has 0 aliphatic carbocycles. The van der Waals surface area contributed by atoms with Gasteiger partial charge in [0.05, 0.1) is 12.7 Å². The van der Waals surface area contributed by atoms with E-state index in [1.54, 1.807) is 0 Å². The van der Waals surface area contributed by atoms with Crippen LogP contribution in [-0.2, 0) is 6.18 Å². The zero-order valence-electron chi connectivity index (χ0n) is 7.98. The number of pyridine rings is 1. The Morgan fingerprint density at radius 1 is 1.38 bits per heavy atom. The van der Waals surface area contributed by atoms with Gasteiger partial charge in [-0.25, -0.2) is 13.8 Å². The van der Waals surface area contributed by atoms with Crippen LogP contribution in [0.25, 0.3) is 0 Å². The van der Waals surface area contributed by atoms with Crippen LogP contribution in [0.2, 0.25) is 0 Å². The fourth-order valence-electron chi connectivity index (χ4n) is 1.13. The maximum atomic E-state index is 12.4. The van der Waals surface area contributed by atoms with Crippen LogP contribution in [0.15, 0.2) is 6.20 Å². The van der Waals surface area contributed by atoms with Crippen molar-refractivity contribution in [3.63, 3.8) is 0 Å². The molecule has 0 aromatic carbocycles. The van der Waals surface area contributed by atoms with Crippen molar-refractivity contribution < 1.29 is 26.7 Å². The van der Waals surface area contributed by atoms with E-state index in [9.17, 15) is 22.0 Å². The summed E-state index contributed by atoms with van der Waals surface area (Å²) in [6.07, 6.45) is -7.41. The van der Waals surface area contributed by atoms with E-state index in [0.29, 0.717) is 6.20 Å². The summed E-state index contributed by atoms with van der Waals surface area (Å²) < 4.78 is 66.1. The van der Waals surface area contributed by atoms with Gasteiger partial charge in [-0.3, -0.25) is 0 Å². The molecule has 90 valence electrons. The van der Waals surface area contributed by atoms with Crippen LogP contribution in [0.4, 0.5) is 27.6 Å². The quantitative estimate of drug-likeness (QED) is 0.811. The Labute approximate surface area is 87.0 Å². The molecule has 0 fully saturated rings. The van der Waals surface area contributed by atoms with Crippen LogP contribution in [0.3, 0.4) is 0 Å². The van der Waals surface area contributed by atoms with Gasteiger partial charge in [-0.1, -0.05) is 0 Å². The van der Waals surface area contributed by atoms with Crippen molar-refractivity contribution in [3.8, 4) is 5.75 Å². The van der Waals surface area contributed by atoms with Crippen molar-refractivity contribution in [1.82, 2.24) is 4.98 Å². The molecule has 3 nitrogen and oxygen atoms in total. The van der Waals surface area contributed by atoms with E-state index in [1.807, 2.05) is 0 Å². The number of rotatable bonds is 2. The summed E-state index contributed by atoms with van der Waals surface area (Å²) in [5, 5.41) is 0. The van der Waals surface area contributed by atoms with E-state index < -0.39 is 35.3 Å². The molecule has 0 aliphatic heterocycles. The van der Waals surface area contributed by atoms with Gasteiger partial charge in [0.25, 0.3) is 6.43 Å². The van der Waals surface area contributed by atoms with E-state index in [-0.39, 0.29) is 0 Å². The van der Waals surface area contributed by atoms with Crippen LogP contribution >= 0.6 is 0 Å². The maximum absolute atomic E-state index is 12.4. The lowest BCUT2D eigenvalue weighted by Crippen LogP contribution is -2.13. The number of nitrogen functional groups attached to an aromatic ring is 1. The number of ether oxygens (including phenoxy) is 1. The number of hydrogen-bond donors (Lipinski definition) is 1. The third-order valence-corrected chi connectivity index (χ3v) is 1.80. The number of nitrogens with two attached hydrogens (primary N) is 1. The molecule has 0 saturated carbocycles. The molecule has 8 heteroatoms. The standard InChI is InChI=1S/C8H7F5N2O/c1-16-5-3(7(9)10)2-15-6(4(5)14)8(11,12)13/h2,7H,14H2,1H3. The first kappa shape index (κ1) is 12.5. The van der Waals surface area contributed by atoms with Gasteiger partial charge in [0.2, 0.25) is 0 Å². The van der Waals surface area contributed by atoms with Crippen molar-refractivity contribution in [2.45, 2.75) is 12.6 Å². The first-order chi connectivity index (χ1) is 7.29. The second-order valence-electron chi connectivity index (χ2n) is 2.81. The van der Waals surface area contributed by atoms with Gasteiger partial charge in [0, 0.05) is 6.20 Å². The Morgan fingerprint density at radius 3 is 2.31 bits per heavy atom. The number of anilines is 1. The number of halogens is 5. The average molecular weight is 242 g/mol. The minimum Gasteiger partial charge on any atom is -0.494 e. The molecule has 0 spiro atoms. The third-order valence-electron chi connectivity index (χ3n) is 1.80. The first-order valence-electron chi connectivity index (χ1n) is 3.96. The molecule has 1 heterocycles. The molecule has 1 aromatic heterocycles. The van der Waals surface area contributed by atoms with Gasteiger partial charge >= 0.3 is 6.18 Å². The zero-order chi connectivity index (χ0) is 12.5. The summed E-state index contributed by atoms with van der Waals surface area (Å²) in [7, 11) is 0.956. The highest BCUT2D eigenvalue weighted by Gasteiger charge is 2.37. The normalized spacial score (nSPS) is 11.9. The molecular weight excluding hydrogens is 235 g/mol. The largest absolute Gasteiger partial charge is 0.494 e. The van der Waals surface area contributed by atoms with Gasteiger partial charge in [-0.05, 0) is 0 Å². The van der Waals surface area contributed by atoms with Gasteiger partial charge in [0.1, 0.15) is 5.69 Å². The highest BCUT2D eigenvalue weighted by atomic mass is 19.4. The third kappa shape index (κ3) is 2.15. The topological polar surface area (TPSA) is 48.1 Å². The van der Waals surface area contributed by atoms with E-state index in [2.05, 4.69) is 9.72 Å². The predicted octanol–water partition coefficient (Wildman–Crippen LogP) is 2.63. The second kappa shape index (κ2) is 4.11. The summed E-state index contributed by atoms with van der Waals surface area (Å²) >= 11 is 0. The second-order valence-corrected chi connectivity index (χ2v) is 2.81. The Kier molecular flexibility index (Phi) is 3.20. The van der Waals surface area contributed by atoms with Crippen LogP contribution in [0, 0.1) is 0 Å². The lowest BCUT2D eigenvalue weighted by atomic mass is 10.2. The van der Waals surface area contributed by atoms with Crippen molar-refractivity contribution in [2.75, 3.05) is 12.8 Å². The van der Waals surface area contributed by atoms with Gasteiger partial charge in [0.15, 0.2) is 11.4 Å². The Balaban J connectivity index is 3.41. The SMILES string of the molecule is COc1c(C(F)F)cnc(C(F)(F)F)c1N. The van der Waals surface area contributed by atoms with Crippen molar-refractivity contribution in [3.05, 3.63) is 17.5 Å². The average Bonchev–Trinajstić information content (AvgIpc) is 2.14. The number of hydrogen-bond acceptors (Lipinski definition) is 3. The number of aromatic nitrogens is 1. The van der Waals surface area contributed by atoms with Crippen LogP contribution in [0.5, 0.6) is 5.75 Å². The lowest BCUT2D eigenvalue weighted by Gasteiger charge is -2.14. The fourth-order valence-corrected chi connectivity index (χ4v) is 1.13. The van der Waals surface area contributed by atoms with Crippen LogP contribution in [-0.4, -0.2) is 12.1 Å². The van der Waals surface area contributed by atoms with Crippen molar-refractivity contribution in [2.24, 2.45) is 0 Å². The van der Waals surface area contributed by atoms with Gasteiger partial charge in [-0.2, -0.15) is 13.2 Å². The molecule has 0 bridgehead atoms. The molecule has 0 aliphatic rings. The smallest absolute Gasteiger partial charge is 0.435 e. The van der Waals surface area contributed by atoms with Crippen LogP contribution < -0.4 is 10.5 Å². The van der Waals surface area contributed by atoms with Crippen LogP contribution in [0.1, 0.15) is 17.7 Å². The highest BCUT2D eigenvalue weighted by molar-refractivity contribution is 5.60. The number of methoxy groups -OCH3 is 1. The minimum atomic E-state index is -4.81. The summed E-state index contributed by atoms with van der Waals surface area (Å²) in [6, 6.07) is 0. The molecule has 0 unspecified atom stereocenters. The summed E-state index contributed by atoms with van der Waals surface area (Å²) in [4.78, 5) is 2.87. The van der Waals surface area contributed by atoms with Gasteiger partial charge < -0.3 is 10.5 Å². The molecule has 1 rings (SSSR count). The molecule has 1 aromatic rings. The predicted molar refractivity (Wildman–Crippen MR) is 45.2 cm³/mol. The molecule has 2 N–H and O–H groups in total. The molecule has 0 amide bonds. The van der Waals surface area contributed by atoms with Crippen molar-refractivity contribution in [1.29, 1.82) is 0 Å². The fraction of sp³-hybridized carbons (Fsp3) is 0.375. The molecule has 0 atom stereocenters. The van der Waals surface area contributed by atoms with Gasteiger partial charge in [-0.15, -0.1) is 0 Å². The van der Waals surface area contributed by atoms with E-state index in [4.69, 9.17) is 5.73 Å².